The summed E-state index contributed by atoms with van der Waals surface area (Å²) < 4.78 is 3.13. The van der Waals surface area contributed by atoms with E-state index in [-0.39, 0.29) is 0 Å². The van der Waals surface area contributed by atoms with Crippen LogP contribution in [0.2, 0.25) is 0 Å². The maximum Gasteiger partial charge on any atom is 0.149 e. The quantitative estimate of drug-likeness (QED) is 0.792. The Balaban J connectivity index is 2.39. The van der Waals surface area contributed by atoms with Gasteiger partial charge in [0.05, 0.1) is 10.1 Å². The number of rotatable bonds is 1. The molecule has 72 valence electrons. The average molecular weight is 252 g/mol. The summed E-state index contributed by atoms with van der Waals surface area (Å²) in [5, 5.41) is 0. The smallest absolute Gasteiger partial charge is 0.149 e. The van der Waals surface area contributed by atoms with Crippen LogP contribution in [-0.2, 0) is 0 Å². The van der Waals surface area contributed by atoms with Crippen molar-refractivity contribution in [3.63, 3.8) is 0 Å². The van der Waals surface area contributed by atoms with Crippen LogP contribution in [0.15, 0.2) is 22.8 Å². The fraction of sp³-hybridized carbons (Fsp3) is 0.300. The minimum absolute atomic E-state index is 0.610. The molecule has 2 aromatic heterocycles. The third-order valence-electron chi connectivity index (χ3n) is 2.61. The molecule has 0 radical (unpaired) electrons. The summed E-state index contributed by atoms with van der Waals surface area (Å²) in [5.41, 5.74) is 6.86. The summed E-state index contributed by atoms with van der Waals surface area (Å²) in [6, 6.07) is 5.99. The average Bonchev–Trinajstić information content (AvgIpc) is 2.94. The Hall–Kier alpha value is -1.03. The SMILES string of the molecule is Nc1nc(C2CC2)n2c(Br)cccc12. The van der Waals surface area contributed by atoms with Crippen LogP contribution < -0.4 is 5.73 Å². The lowest BCUT2D eigenvalue weighted by Gasteiger charge is -2.01. The second kappa shape index (κ2) is 2.73. The largest absolute Gasteiger partial charge is 0.382 e. The van der Waals surface area contributed by atoms with Crippen molar-refractivity contribution >= 4 is 27.3 Å². The maximum absolute atomic E-state index is 5.86. The Labute approximate surface area is 90.1 Å². The molecule has 0 unspecified atom stereocenters. The lowest BCUT2D eigenvalue weighted by molar-refractivity contribution is 0.909. The summed E-state index contributed by atoms with van der Waals surface area (Å²) in [7, 11) is 0. The van der Waals surface area contributed by atoms with Crippen LogP contribution in [0.25, 0.3) is 5.52 Å². The normalized spacial score (nSPS) is 16.4. The van der Waals surface area contributed by atoms with Crippen molar-refractivity contribution in [1.29, 1.82) is 0 Å². The first-order valence-corrected chi connectivity index (χ1v) is 5.49. The molecule has 0 aromatic carbocycles. The first kappa shape index (κ1) is 8.29. The predicted molar refractivity (Wildman–Crippen MR) is 59.3 cm³/mol. The highest BCUT2D eigenvalue weighted by Gasteiger charge is 2.29. The number of nitrogens with two attached hydrogens (primary N) is 1. The lowest BCUT2D eigenvalue weighted by atomic mass is 10.4. The first-order chi connectivity index (χ1) is 6.77. The molecule has 0 amide bonds. The zero-order valence-corrected chi connectivity index (χ0v) is 9.16. The predicted octanol–water partition coefficient (Wildman–Crippen LogP) is 2.56. The Morgan fingerprint density at radius 1 is 1.43 bits per heavy atom. The van der Waals surface area contributed by atoms with Crippen LogP contribution in [0.1, 0.15) is 24.6 Å². The number of pyridine rings is 1. The standard InChI is InChI=1S/C10H10BrN3/c11-8-3-1-2-7-9(12)13-10(14(7)8)6-4-5-6/h1-3,6H,4-5,12H2. The van der Waals surface area contributed by atoms with E-state index < -0.39 is 0 Å². The second-order valence-corrected chi connectivity index (χ2v) is 4.51. The van der Waals surface area contributed by atoms with E-state index in [2.05, 4.69) is 25.3 Å². The molecular weight excluding hydrogens is 242 g/mol. The Bertz CT molecular complexity index is 499. The minimum atomic E-state index is 0.610. The van der Waals surface area contributed by atoms with Gasteiger partial charge in [-0.15, -0.1) is 0 Å². The summed E-state index contributed by atoms with van der Waals surface area (Å²) in [5.74, 6) is 2.34. The summed E-state index contributed by atoms with van der Waals surface area (Å²) in [6.45, 7) is 0. The van der Waals surface area contributed by atoms with Crippen LogP contribution in [0, 0.1) is 0 Å². The molecule has 2 heterocycles. The number of halogens is 1. The molecule has 0 bridgehead atoms. The van der Waals surface area contributed by atoms with Crippen LogP contribution in [0.4, 0.5) is 5.82 Å². The molecule has 1 saturated carbocycles. The summed E-state index contributed by atoms with van der Waals surface area (Å²) >= 11 is 3.52. The molecule has 4 heteroatoms. The van der Waals surface area contributed by atoms with Crippen LogP contribution in [-0.4, -0.2) is 9.38 Å². The van der Waals surface area contributed by atoms with Gasteiger partial charge in [-0.2, -0.15) is 0 Å². The number of anilines is 1. The summed E-state index contributed by atoms with van der Waals surface area (Å²) in [6.07, 6.45) is 2.47. The van der Waals surface area contributed by atoms with Gasteiger partial charge in [-0.1, -0.05) is 6.07 Å². The molecule has 0 aliphatic heterocycles. The molecule has 0 spiro atoms. The Kier molecular flexibility index (Phi) is 1.62. The van der Waals surface area contributed by atoms with E-state index in [1.54, 1.807) is 0 Å². The van der Waals surface area contributed by atoms with Gasteiger partial charge in [-0.3, -0.25) is 4.40 Å². The fourth-order valence-electron chi connectivity index (χ4n) is 1.76. The number of imidazole rings is 1. The minimum Gasteiger partial charge on any atom is -0.382 e. The van der Waals surface area contributed by atoms with Crippen molar-refractivity contribution < 1.29 is 0 Å². The van der Waals surface area contributed by atoms with Crippen molar-refractivity contribution in [2.24, 2.45) is 0 Å². The van der Waals surface area contributed by atoms with Crippen molar-refractivity contribution in [3.05, 3.63) is 28.6 Å². The molecule has 2 aromatic rings. The molecule has 14 heavy (non-hydrogen) atoms. The van der Waals surface area contributed by atoms with Gasteiger partial charge in [0.25, 0.3) is 0 Å². The second-order valence-electron chi connectivity index (χ2n) is 3.70. The fourth-order valence-corrected chi connectivity index (χ4v) is 2.29. The monoisotopic (exact) mass is 251 g/mol. The number of nitrogen functional groups attached to an aromatic ring is 1. The number of aromatic nitrogens is 2. The topological polar surface area (TPSA) is 43.3 Å². The van der Waals surface area contributed by atoms with Gasteiger partial charge in [0.1, 0.15) is 11.6 Å². The first-order valence-electron chi connectivity index (χ1n) is 4.69. The van der Waals surface area contributed by atoms with E-state index in [4.69, 9.17) is 5.73 Å². The van der Waals surface area contributed by atoms with Crippen molar-refractivity contribution in [2.75, 3.05) is 5.73 Å². The van der Waals surface area contributed by atoms with Gasteiger partial charge in [-0.25, -0.2) is 4.98 Å². The van der Waals surface area contributed by atoms with Crippen molar-refractivity contribution in [3.8, 4) is 0 Å². The van der Waals surface area contributed by atoms with Crippen LogP contribution in [0.5, 0.6) is 0 Å². The van der Waals surface area contributed by atoms with Crippen LogP contribution in [0.3, 0.4) is 0 Å². The van der Waals surface area contributed by atoms with E-state index in [0.717, 1.165) is 15.9 Å². The van der Waals surface area contributed by atoms with Crippen LogP contribution >= 0.6 is 15.9 Å². The number of fused-ring (bicyclic) bond motifs is 1. The van der Waals surface area contributed by atoms with E-state index in [0.29, 0.717) is 11.7 Å². The van der Waals surface area contributed by atoms with E-state index in [9.17, 15) is 0 Å². The molecule has 0 saturated heterocycles. The van der Waals surface area contributed by atoms with Gasteiger partial charge in [-0.05, 0) is 40.9 Å². The van der Waals surface area contributed by atoms with Crippen molar-refractivity contribution in [1.82, 2.24) is 9.38 Å². The highest BCUT2D eigenvalue weighted by atomic mass is 79.9. The Morgan fingerprint density at radius 3 is 2.93 bits per heavy atom. The molecule has 1 aliphatic carbocycles. The molecule has 1 aliphatic rings. The molecule has 2 N–H and O–H groups in total. The third-order valence-corrected chi connectivity index (χ3v) is 3.23. The maximum atomic E-state index is 5.86. The number of hydrogen-bond donors (Lipinski definition) is 1. The molecule has 0 atom stereocenters. The Morgan fingerprint density at radius 2 is 2.21 bits per heavy atom. The highest BCUT2D eigenvalue weighted by Crippen LogP contribution is 2.41. The molecular formula is C10H10BrN3. The zero-order valence-electron chi connectivity index (χ0n) is 7.57. The van der Waals surface area contributed by atoms with Crippen molar-refractivity contribution in [2.45, 2.75) is 18.8 Å². The van der Waals surface area contributed by atoms with E-state index >= 15 is 0 Å². The number of nitrogens with zero attached hydrogens (tertiary/aromatic N) is 2. The lowest BCUT2D eigenvalue weighted by Crippen LogP contribution is -1.93. The highest BCUT2D eigenvalue weighted by molar-refractivity contribution is 9.10. The van der Waals surface area contributed by atoms with E-state index in [1.165, 1.54) is 12.8 Å². The molecule has 1 fully saturated rings. The van der Waals surface area contributed by atoms with Gasteiger partial charge < -0.3 is 5.73 Å². The van der Waals surface area contributed by atoms with Gasteiger partial charge in [0.2, 0.25) is 0 Å². The van der Waals surface area contributed by atoms with Gasteiger partial charge in [0.15, 0.2) is 0 Å². The van der Waals surface area contributed by atoms with E-state index in [1.807, 2.05) is 18.2 Å². The molecule has 3 rings (SSSR count). The summed E-state index contributed by atoms with van der Waals surface area (Å²) in [4.78, 5) is 4.42. The third kappa shape index (κ3) is 1.07. The van der Waals surface area contributed by atoms with Gasteiger partial charge >= 0.3 is 0 Å². The molecule has 3 nitrogen and oxygen atoms in total. The number of hydrogen-bond acceptors (Lipinski definition) is 2. The zero-order chi connectivity index (χ0) is 9.71. The van der Waals surface area contributed by atoms with Gasteiger partial charge in [0, 0.05) is 5.92 Å².